The second-order valence-electron chi connectivity index (χ2n) is 5.07. The molecule has 23 heavy (non-hydrogen) atoms. The average molecular weight is 313 g/mol. The third kappa shape index (κ3) is 4.22. The highest BCUT2D eigenvalue weighted by Gasteiger charge is 2.10. The Balaban J connectivity index is 2.07. The predicted octanol–water partition coefficient (Wildman–Crippen LogP) is 2.87. The summed E-state index contributed by atoms with van der Waals surface area (Å²) in [6.07, 6.45) is 1.67. The summed E-state index contributed by atoms with van der Waals surface area (Å²) in [7, 11) is 1.62. The van der Waals surface area contributed by atoms with Crippen LogP contribution in [0.5, 0.6) is 5.75 Å². The lowest BCUT2D eigenvalue weighted by molar-refractivity contribution is 0.0950. The Hall–Kier alpha value is -2.56. The van der Waals surface area contributed by atoms with Crippen LogP contribution in [0, 0.1) is 0 Å². The molecule has 122 valence electrons. The molecule has 0 fully saturated rings. The van der Waals surface area contributed by atoms with Crippen molar-refractivity contribution in [3.05, 3.63) is 53.7 Å². The van der Waals surface area contributed by atoms with Crippen LogP contribution in [0.1, 0.15) is 29.8 Å². The molecular weight excluding hydrogens is 290 g/mol. The smallest absolute Gasteiger partial charge is 0.251 e. The van der Waals surface area contributed by atoms with Gasteiger partial charge in [0, 0.05) is 37.0 Å². The maximum Gasteiger partial charge on any atom is 0.251 e. The second-order valence-corrected chi connectivity index (χ2v) is 5.07. The third-order valence-electron chi connectivity index (χ3n) is 3.73. The van der Waals surface area contributed by atoms with E-state index >= 15 is 0 Å². The fraction of sp³-hybridized carbons (Fsp3) is 0.333. The molecule has 1 aromatic heterocycles. The first-order chi connectivity index (χ1) is 11.2. The van der Waals surface area contributed by atoms with Crippen molar-refractivity contribution in [1.82, 2.24) is 10.3 Å². The number of anilines is 1. The van der Waals surface area contributed by atoms with E-state index in [9.17, 15) is 4.79 Å². The van der Waals surface area contributed by atoms with Gasteiger partial charge in [0.1, 0.15) is 11.6 Å². The van der Waals surface area contributed by atoms with Crippen LogP contribution in [0.2, 0.25) is 0 Å². The fourth-order valence-corrected chi connectivity index (χ4v) is 2.41. The summed E-state index contributed by atoms with van der Waals surface area (Å²) < 4.78 is 5.30. The maximum absolute atomic E-state index is 12.4. The Labute approximate surface area is 137 Å². The van der Waals surface area contributed by atoms with E-state index in [1.54, 1.807) is 19.4 Å². The normalized spacial score (nSPS) is 10.2. The van der Waals surface area contributed by atoms with Crippen LogP contribution >= 0.6 is 0 Å². The predicted molar refractivity (Wildman–Crippen MR) is 92.0 cm³/mol. The van der Waals surface area contributed by atoms with Gasteiger partial charge in [0.15, 0.2) is 0 Å². The first-order valence-corrected chi connectivity index (χ1v) is 7.80. The van der Waals surface area contributed by atoms with E-state index < -0.39 is 0 Å². The SMILES string of the molecule is CCN(CC)c1cc(C(=O)NCc2ccccc2OC)ccn1. The number of para-hydroxylation sites is 1. The number of ether oxygens (including phenoxy) is 1. The summed E-state index contributed by atoms with van der Waals surface area (Å²) in [5.41, 5.74) is 1.55. The molecule has 2 rings (SSSR count). The summed E-state index contributed by atoms with van der Waals surface area (Å²) in [5.74, 6) is 1.47. The highest BCUT2D eigenvalue weighted by atomic mass is 16.5. The fourth-order valence-electron chi connectivity index (χ4n) is 2.41. The van der Waals surface area contributed by atoms with Gasteiger partial charge in [-0.2, -0.15) is 0 Å². The molecule has 0 aliphatic heterocycles. The van der Waals surface area contributed by atoms with Gasteiger partial charge in [-0.3, -0.25) is 4.79 Å². The van der Waals surface area contributed by atoms with Crippen LogP contribution in [0.4, 0.5) is 5.82 Å². The van der Waals surface area contributed by atoms with E-state index in [2.05, 4.69) is 29.0 Å². The van der Waals surface area contributed by atoms with Gasteiger partial charge in [0.25, 0.3) is 5.91 Å². The van der Waals surface area contributed by atoms with Gasteiger partial charge in [-0.25, -0.2) is 4.98 Å². The van der Waals surface area contributed by atoms with Gasteiger partial charge in [0.05, 0.1) is 7.11 Å². The molecule has 1 N–H and O–H groups in total. The zero-order valence-electron chi connectivity index (χ0n) is 13.9. The second kappa shape index (κ2) is 8.17. The number of nitrogens with zero attached hydrogens (tertiary/aromatic N) is 2. The molecular formula is C18H23N3O2. The van der Waals surface area contributed by atoms with Crippen LogP contribution < -0.4 is 15.0 Å². The molecule has 5 nitrogen and oxygen atoms in total. The van der Waals surface area contributed by atoms with Crippen molar-refractivity contribution in [2.24, 2.45) is 0 Å². The van der Waals surface area contributed by atoms with Gasteiger partial charge < -0.3 is 15.0 Å². The standard InChI is InChI=1S/C18H23N3O2/c1-4-21(5-2)17-12-14(10-11-19-17)18(22)20-13-15-8-6-7-9-16(15)23-3/h6-12H,4-5,13H2,1-3H3,(H,20,22). The zero-order valence-corrected chi connectivity index (χ0v) is 13.9. The first-order valence-electron chi connectivity index (χ1n) is 7.80. The molecule has 0 unspecified atom stereocenters. The van der Waals surface area contributed by atoms with E-state index in [0.29, 0.717) is 12.1 Å². The van der Waals surface area contributed by atoms with Crippen molar-refractivity contribution in [1.29, 1.82) is 0 Å². The quantitative estimate of drug-likeness (QED) is 0.854. The number of hydrogen-bond donors (Lipinski definition) is 1. The van der Waals surface area contributed by atoms with Gasteiger partial charge in [-0.15, -0.1) is 0 Å². The molecule has 1 amide bonds. The monoisotopic (exact) mass is 313 g/mol. The van der Waals surface area contributed by atoms with E-state index in [4.69, 9.17) is 4.74 Å². The molecule has 0 bridgehead atoms. The minimum absolute atomic E-state index is 0.119. The highest BCUT2D eigenvalue weighted by molar-refractivity contribution is 5.94. The lowest BCUT2D eigenvalue weighted by Gasteiger charge is -2.20. The number of pyridine rings is 1. The van der Waals surface area contributed by atoms with Crippen LogP contribution in [-0.4, -0.2) is 31.1 Å². The van der Waals surface area contributed by atoms with Crippen molar-refractivity contribution >= 4 is 11.7 Å². The lowest BCUT2D eigenvalue weighted by atomic mass is 10.2. The number of rotatable bonds is 7. The Morgan fingerprint density at radius 3 is 2.65 bits per heavy atom. The molecule has 0 spiro atoms. The molecule has 0 atom stereocenters. The minimum atomic E-state index is -0.119. The molecule has 1 heterocycles. The summed E-state index contributed by atoms with van der Waals surface area (Å²) in [5, 5.41) is 2.93. The molecule has 2 aromatic rings. The molecule has 0 saturated heterocycles. The van der Waals surface area contributed by atoms with Crippen molar-refractivity contribution in [3.8, 4) is 5.75 Å². The number of aromatic nitrogens is 1. The van der Waals surface area contributed by atoms with Crippen molar-refractivity contribution in [2.45, 2.75) is 20.4 Å². The number of nitrogens with one attached hydrogen (secondary N) is 1. The molecule has 0 radical (unpaired) electrons. The van der Waals surface area contributed by atoms with Crippen LogP contribution in [-0.2, 0) is 6.54 Å². The van der Waals surface area contributed by atoms with Crippen LogP contribution in [0.25, 0.3) is 0 Å². The van der Waals surface area contributed by atoms with Crippen LogP contribution in [0.15, 0.2) is 42.6 Å². The van der Waals surface area contributed by atoms with Gasteiger partial charge >= 0.3 is 0 Å². The van der Waals surface area contributed by atoms with Crippen molar-refractivity contribution < 1.29 is 9.53 Å². The van der Waals surface area contributed by atoms with Crippen LogP contribution in [0.3, 0.4) is 0 Å². The Bertz CT molecular complexity index is 654. The summed E-state index contributed by atoms with van der Waals surface area (Å²) in [6.45, 7) is 6.27. The molecule has 0 saturated carbocycles. The number of benzene rings is 1. The maximum atomic E-state index is 12.4. The molecule has 5 heteroatoms. The van der Waals surface area contributed by atoms with Gasteiger partial charge in [0.2, 0.25) is 0 Å². The summed E-state index contributed by atoms with van der Waals surface area (Å²) >= 11 is 0. The first kappa shape index (κ1) is 16.8. The third-order valence-corrected chi connectivity index (χ3v) is 3.73. The van der Waals surface area contributed by atoms with Crippen molar-refractivity contribution in [2.75, 3.05) is 25.1 Å². The average Bonchev–Trinajstić information content (AvgIpc) is 2.61. The van der Waals surface area contributed by atoms with E-state index in [1.165, 1.54) is 0 Å². The number of amides is 1. The number of methoxy groups -OCH3 is 1. The topological polar surface area (TPSA) is 54.5 Å². The minimum Gasteiger partial charge on any atom is -0.496 e. The molecule has 1 aromatic carbocycles. The van der Waals surface area contributed by atoms with E-state index in [1.807, 2.05) is 30.3 Å². The summed E-state index contributed by atoms with van der Waals surface area (Å²) in [6, 6.07) is 11.2. The van der Waals surface area contributed by atoms with Gasteiger partial charge in [-0.05, 0) is 32.0 Å². The Morgan fingerprint density at radius 1 is 1.22 bits per heavy atom. The van der Waals surface area contributed by atoms with E-state index in [-0.39, 0.29) is 5.91 Å². The molecule has 0 aliphatic rings. The number of hydrogen-bond acceptors (Lipinski definition) is 4. The molecule has 0 aliphatic carbocycles. The number of carbonyl (C=O) groups is 1. The zero-order chi connectivity index (χ0) is 16.7. The number of carbonyl (C=O) groups excluding carboxylic acids is 1. The van der Waals surface area contributed by atoms with Gasteiger partial charge in [-0.1, -0.05) is 18.2 Å². The lowest BCUT2D eigenvalue weighted by Crippen LogP contribution is -2.25. The highest BCUT2D eigenvalue weighted by Crippen LogP contribution is 2.17. The van der Waals surface area contributed by atoms with Crippen molar-refractivity contribution in [3.63, 3.8) is 0 Å². The summed E-state index contributed by atoms with van der Waals surface area (Å²) in [4.78, 5) is 18.8. The Morgan fingerprint density at radius 2 is 1.96 bits per heavy atom. The largest absolute Gasteiger partial charge is 0.496 e. The van der Waals surface area contributed by atoms with E-state index in [0.717, 1.165) is 30.2 Å². The Kier molecular flexibility index (Phi) is 5.97.